The molecule has 140 valence electrons. The zero-order valence-corrected chi connectivity index (χ0v) is 16.1. The number of anilines is 1. The third kappa shape index (κ3) is 2.47. The van der Waals surface area contributed by atoms with Crippen LogP contribution in [0.15, 0.2) is 65.1 Å². The highest BCUT2D eigenvalue weighted by atomic mass is 35.5. The molecule has 3 nitrogen and oxygen atoms in total. The van der Waals surface area contributed by atoms with Gasteiger partial charge in [-0.3, -0.25) is 0 Å². The number of rotatable bonds is 1. The van der Waals surface area contributed by atoms with Crippen molar-refractivity contribution in [1.29, 1.82) is 0 Å². The van der Waals surface area contributed by atoms with E-state index in [1.54, 1.807) is 0 Å². The number of para-hydroxylation sites is 1. The third-order valence-electron chi connectivity index (χ3n) is 6.19. The molecule has 0 aliphatic carbocycles. The van der Waals surface area contributed by atoms with Gasteiger partial charge in [0.2, 0.25) is 0 Å². The Morgan fingerprint density at radius 2 is 1.82 bits per heavy atom. The van der Waals surface area contributed by atoms with Gasteiger partial charge in [-0.05, 0) is 54.8 Å². The van der Waals surface area contributed by atoms with Crippen molar-refractivity contribution >= 4 is 39.2 Å². The highest BCUT2D eigenvalue weighted by molar-refractivity contribution is 6.30. The van der Waals surface area contributed by atoms with Gasteiger partial charge in [0.05, 0.1) is 12.1 Å². The molecular weight excluding hydrogens is 370 g/mol. The molecule has 2 aliphatic heterocycles. The van der Waals surface area contributed by atoms with Gasteiger partial charge in [0.25, 0.3) is 0 Å². The van der Waals surface area contributed by atoms with Crippen molar-refractivity contribution in [3.05, 3.63) is 76.8 Å². The SMILES string of the molecule is Clc1ccc2c(c1)C1OCCCC1[C@@H](c1ccc3oc4ccccc4c3c1)N2. The number of ether oxygens (including phenoxy) is 1. The van der Waals surface area contributed by atoms with Crippen LogP contribution in [0.4, 0.5) is 5.69 Å². The largest absolute Gasteiger partial charge is 0.456 e. The fourth-order valence-electron chi connectivity index (χ4n) is 4.91. The monoisotopic (exact) mass is 389 g/mol. The van der Waals surface area contributed by atoms with Crippen molar-refractivity contribution in [2.24, 2.45) is 5.92 Å². The maximum absolute atomic E-state index is 6.28. The zero-order chi connectivity index (χ0) is 18.7. The molecule has 1 fully saturated rings. The summed E-state index contributed by atoms with van der Waals surface area (Å²) in [5.41, 5.74) is 5.45. The van der Waals surface area contributed by atoms with Crippen LogP contribution in [0.2, 0.25) is 5.02 Å². The van der Waals surface area contributed by atoms with Gasteiger partial charge in [-0.2, -0.15) is 0 Å². The molecule has 0 saturated carbocycles. The van der Waals surface area contributed by atoms with Crippen LogP contribution >= 0.6 is 11.6 Å². The molecule has 2 aliphatic rings. The Morgan fingerprint density at radius 3 is 2.79 bits per heavy atom. The Kier molecular flexibility index (Phi) is 3.68. The Balaban J connectivity index is 1.49. The average Bonchev–Trinajstić information content (AvgIpc) is 3.11. The minimum Gasteiger partial charge on any atom is -0.456 e. The molecule has 0 radical (unpaired) electrons. The van der Waals surface area contributed by atoms with Crippen molar-refractivity contribution in [2.45, 2.75) is 25.0 Å². The summed E-state index contributed by atoms with van der Waals surface area (Å²) in [7, 11) is 0. The molecule has 1 N–H and O–H groups in total. The molecule has 6 rings (SSSR count). The van der Waals surface area contributed by atoms with Gasteiger partial charge in [0, 0.05) is 39.6 Å². The van der Waals surface area contributed by atoms with Gasteiger partial charge < -0.3 is 14.5 Å². The first kappa shape index (κ1) is 16.5. The number of benzene rings is 3. The molecular formula is C24H20ClNO2. The van der Waals surface area contributed by atoms with Crippen molar-refractivity contribution < 1.29 is 9.15 Å². The average molecular weight is 390 g/mol. The lowest BCUT2D eigenvalue weighted by atomic mass is 9.77. The van der Waals surface area contributed by atoms with Crippen LogP contribution in [0, 0.1) is 5.92 Å². The van der Waals surface area contributed by atoms with Crippen LogP contribution in [0.3, 0.4) is 0 Å². The summed E-state index contributed by atoms with van der Waals surface area (Å²) in [6.07, 6.45) is 2.32. The quantitative estimate of drug-likeness (QED) is 0.385. The fraction of sp³-hybridized carbons (Fsp3) is 0.250. The molecule has 28 heavy (non-hydrogen) atoms. The molecule has 1 aromatic heterocycles. The highest BCUT2D eigenvalue weighted by Gasteiger charge is 2.40. The van der Waals surface area contributed by atoms with Gasteiger partial charge in [0.15, 0.2) is 0 Å². The number of nitrogens with one attached hydrogen (secondary N) is 1. The van der Waals surface area contributed by atoms with Gasteiger partial charge in [-0.1, -0.05) is 35.9 Å². The van der Waals surface area contributed by atoms with E-state index in [0.29, 0.717) is 5.92 Å². The fourth-order valence-corrected chi connectivity index (χ4v) is 5.09. The summed E-state index contributed by atoms with van der Waals surface area (Å²) in [6, 6.07) is 21.1. The maximum atomic E-state index is 6.28. The second kappa shape index (κ2) is 6.26. The smallest absolute Gasteiger partial charge is 0.135 e. The van der Waals surface area contributed by atoms with Crippen molar-refractivity contribution in [3.63, 3.8) is 0 Å². The topological polar surface area (TPSA) is 34.4 Å². The van der Waals surface area contributed by atoms with Gasteiger partial charge in [-0.15, -0.1) is 0 Å². The lowest BCUT2D eigenvalue weighted by molar-refractivity contribution is -0.0381. The molecule has 4 heteroatoms. The normalized spacial score (nSPS) is 24.0. The van der Waals surface area contributed by atoms with E-state index in [4.69, 9.17) is 20.8 Å². The molecule has 0 bridgehead atoms. The van der Waals surface area contributed by atoms with Gasteiger partial charge in [0.1, 0.15) is 11.2 Å². The van der Waals surface area contributed by atoms with Crippen LogP contribution in [-0.4, -0.2) is 6.61 Å². The van der Waals surface area contributed by atoms with E-state index in [0.717, 1.165) is 41.3 Å². The minimum atomic E-state index is 0.0884. The van der Waals surface area contributed by atoms with Gasteiger partial charge >= 0.3 is 0 Å². The van der Waals surface area contributed by atoms with E-state index in [9.17, 15) is 0 Å². The first-order valence-corrected chi connectivity index (χ1v) is 10.2. The summed E-state index contributed by atoms with van der Waals surface area (Å²) in [4.78, 5) is 0. The Labute approximate surface area is 168 Å². The summed E-state index contributed by atoms with van der Waals surface area (Å²) in [5, 5.41) is 6.87. The van der Waals surface area contributed by atoms with Crippen LogP contribution in [0.25, 0.3) is 21.9 Å². The van der Waals surface area contributed by atoms with E-state index >= 15 is 0 Å². The second-order valence-corrected chi connectivity index (χ2v) is 8.24. The molecule has 4 aromatic rings. The molecule has 0 spiro atoms. The van der Waals surface area contributed by atoms with Gasteiger partial charge in [-0.25, -0.2) is 0 Å². The lowest BCUT2D eigenvalue weighted by Gasteiger charge is -2.43. The summed E-state index contributed by atoms with van der Waals surface area (Å²) >= 11 is 6.28. The lowest BCUT2D eigenvalue weighted by Crippen LogP contribution is -2.35. The summed E-state index contributed by atoms with van der Waals surface area (Å²) in [5.74, 6) is 0.385. The number of furan rings is 1. The van der Waals surface area contributed by atoms with E-state index in [1.165, 1.54) is 21.9 Å². The number of hydrogen-bond acceptors (Lipinski definition) is 3. The predicted molar refractivity (Wildman–Crippen MR) is 113 cm³/mol. The molecule has 0 amide bonds. The highest BCUT2D eigenvalue weighted by Crippen LogP contribution is 2.50. The second-order valence-electron chi connectivity index (χ2n) is 7.80. The van der Waals surface area contributed by atoms with Crippen LogP contribution < -0.4 is 5.32 Å². The van der Waals surface area contributed by atoms with Crippen LogP contribution in [-0.2, 0) is 4.74 Å². The van der Waals surface area contributed by atoms with E-state index in [1.807, 2.05) is 18.2 Å². The number of halogens is 1. The maximum Gasteiger partial charge on any atom is 0.135 e. The zero-order valence-electron chi connectivity index (χ0n) is 15.3. The van der Waals surface area contributed by atoms with E-state index in [2.05, 4.69) is 47.8 Å². The molecule has 1 saturated heterocycles. The molecule has 3 atom stereocenters. The summed E-state index contributed by atoms with van der Waals surface area (Å²) in [6.45, 7) is 0.811. The number of hydrogen-bond donors (Lipinski definition) is 1. The Hall–Kier alpha value is -2.49. The van der Waals surface area contributed by atoms with Crippen LogP contribution in [0.1, 0.15) is 36.1 Å². The van der Waals surface area contributed by atoms with Crippen molar-refractivity contribution in [3.8, 4) is 0 Å². The predicted octanol–water partition coefficient (Wildman–Crippen LogP) is 6.87. The molecule has 3 heterocycles. The molecule has 2 unspecified atom stereocenters. The Morgan fingerprint density at radius 1 is 0.929 bits per heavy atom. The van der Waals surface area contributed by atoms with Crippen molar-refractivity contribution in [1.82, 2.24) is 0 Å². The number of fused-ring (bicyclic) bond motifs is 6. The van der Waals surface area contributed by atoms with E-state index < -0.39 is 0 Å². The first-order chi connectivity index (χ1) is 13.8. The van der Waals surface area contributed by atoms with Crippen molar-refractivity contribution in [2.75, 3.05) is 11.9 Å². The first-order valence-electron chi connectivity index (χ1n) is 9.87. The summed E-state index contributed by atoms with van der Waals surface area (Å²) < 4.78 is 12.3. The standard InChI is InChI=1S/C24H20ClNO2/c25-15-8-9-20-19(13-15)24-17(5-3-11-27-24)23(26-20)14-7-10-22-18(12-14)16-4-1-2-6-21(16)28-22/h1-2,4,6-10,12-13,17,23-24,26H,3,5,11H2/t17?,23-,24?/m1/s1. The third-order valence-corrected chi connectivity index (χ3v) is 6.42. The minimum absolute atomic E-state index is 0.0884. The Bertz CT molecular complexity index is 1200. The van der Waals surface area contributed by atoms with Crippen LogP contribution in [0.5, 0.6) is 0 Å². The van der Waals surface area contributed by atoms with E-state index in [-0.39, 0.29) is 12.1 Å². The molecule has 3 aromatic carbocycles.